The fourth-order valence-corrected chi connectivity index (χ4v) is 3.02. The van der Waals surface area contributed by atoms with Crippen molar-refractivity contribution in [1.29, 1.82) is 0 Å². The van der Waals surface area contributed by atoms with Gasteiger partial charge in [0.1, 0.15) is 5.02 Å². The number of amides is 1. The van der Waals surface area contributed by atoms with Gasteiger partial charge < -0.3 is 14.9 Å². The molecular formula is C16H14ClF3N2O3. The van der Waals surface area contributed by atoms with E-state index in [1.54, 1.807) is 0 Å². The first-order chi connectivity index (χ1) is 11.8. The number of nitrogens with zero attached hydrogens (tertiary/aromatic N) is 1. The van der Waals surface area contributed by atoms with E-state index >= 15 is 0 Å². The lowest BCUT2D eigenvalue weighted by atomic mass is 10.1. The number of benzene rings is 1. The van der Waals surface area contributed by atoms with Crippen LogP contribution in [0.15, 0.2) is 28.8 Å². The third-order valence-electron chi connectivity index (χ3n) is 4.12. The SMILES string of the molecule is O=C(NC1CCCC1O)c1noc(-c2ccc(C(F)(F)F)cc2)c1Cl. The van der Waals surface area contributed by atoms with E-state index in [4.69, 9.17) is 16.1 Å². The van der Waals surface area contributed by atoms with E-state index in [0.29, 0.717) is 12.8 Å². The minimum Gasteiger partial charge on any atom is -0.391 e. The van der Waals surface area contributed by atoms with E-state index < -0.39 is 23.8 Å². The van der Waals surface area contributed by atoms with Crippen molar-refractivity contribution in [2.24, 2.45) is 0 Å². The third kappa shape index (κ3) is 3.64. The second kappa shape index (κ2) is 6.68. The highest BCUT2D eigenvalue weighted by Crippen LogP contribution is 2.34. The smallest absolute Gasteiger partial charge is 0.391 e. The number of nitrogens with one attached hydrogen (secondary N) is 1. The van der Waals surface area contributed by atoms with E-state index in [0.717, 1.165) is 18.6 Å². The minimum atomic E-state index is -4.45. The van der Waals surface area contributed by atoms with Gasteiger partial charge in [-0.2, -0.15) is 13.2 Å². The molecule has 1 aromatic heterocycles. The summed E-state index contributed by atoms with van der Waals surface area (Å²) in [5.74, 6) is -0.592. The Bertz CT molecular complexity index is 774. The van der Waals surface area contributed by atoms with E-state index in [1.165, 1.54) is 12.1 Å². The average Bonchev–Trinajstić information content (AvgIpc) is 3.13. The van der Waals surface area contributed by atoms with Crippen LogP contribution in [0.5, 0.6) is 0 Å². The molecule has 0 spiro atoms. The number of rotatable bonds is 3. The fraction of sp³-hybridized carbons (Fsp3) is 0.375. The number of aliphatic hydroxyl groups is 1. The number of carbonyl (C=O) groups excluding carboxylic acids is 1. The maximum atomic E-state index is 12.6. The van der Waals surface area contributed by atoms with Gasteiger partial charge in [0, 0.05) is 5.56 Å². The van der Waals surface area contributed by atoms with Crippen LogP contribution in [-0.2, 0) is 6.18 Å². The first kappa shape index (κ1) is 17.8. The van der Waals surface area contributed by atoms with Crippen molar-refractivity contribution in [1.82, 2.24) is 10.5 Å². The Labute approximate surface area is 145 Å². The molecule has 1 amide bonds. The van der Waals surface area contributed by atoms with Gasteiger partial charge in [-0.15, -0.1) is 0 Å². The Morgan fingerprint density at radius 2 is 1.96 bits per heavy atom. The number of aliphatic hydroxyl groups excluding tert-OH is 1. The Hall–Kier alpha value is -2.06. The summed E-state index contributed by atoms with van der Waals surface area (Å²) in [6, 6.07) is 3.79. The Balaban J connectivity index is 1.80. The number of alkyl halides is 3. The zero-order valence-corrected chi connectivity index (χ0v) is 13.6. The van der Waals surface area contributed by atoms with Crippen molar-refractivity contribution in [3.05, 3.63) is 40.5 Å². The number of carbonyl (C=O) groups is 1. The summed E-state index contributed by atoms with van der Waals surface area (Å²) in [6.45, 7) is 0. The minimum absolute atomic E-state index is 0.00696. The lowest BCUT2D eigenvalue weighted by Gasteiger charge is -2.15. The lowest BCUT2D eigenvalue weighted by molar-refractivity contribution is -0.137. The van der Waals surface area contributed by atoms with Crippen molar-refractivity contribution < 1.29 is 27.6 Å². The number of hydrogen-bond acceptors (Lipinski definition) is 4. The van der Waals surface area contributed by atoms with Gasteiger partial charge in [-0.3, -0.25) is 4.79 Å². The summed E-state index contributed by atoms with van der Waals surface area (Å²) < 4.78 is 42.8. The Morgan fingerprint density at radius 3 is 2.52 bits per heavy atom. The molecule has 1 aliphatic rings. The van der Waals surface area contributed by atoms with Crippen LogP contribution >= 0.6 is 11.6 Å². The second-order valence-corrected chi connectivity index (χ2v) is 6.21. The average molecular weight is 375 g/mol. The van der Waals surface area contributed by atoms with Crippen LogP contribution in [0.2, 0.25) is 5.02 Å². The summed E-state index contributed by atoms with van der Waals surface area (Å²) in [7, 11) is 0. The second-order valence-electron chi connectivity index (χ2n) is 5.83. The molecule has 1 aliphatic carbocycles. The molecule has 2 unspecified atom stereocenters. The van der Waals surface area contributed by atoms with E-state index in [-0.39, 0.29) is 28.1 Å². The highest BCUT2D eigenvalue weighted by Gasteiger charge is 2.31. The molecule has 0 bridgehead atoms. The lowest BCUT2D eigenvalue weighted by Crippen LogP contribution is -2.40. The molecule has 0 radical (unpaired) electrons. The Kier molecular flexibility index (Phi) is 4.75. The molecule has 0 saturated heterocycles. The van der Waals surface area contributed by atoms with Gasteiger partial charge in [-0.25, -0.2) is 0 Å². The van der Waals surface area contributed by atoms with Crippen molar-refractivity contribution in [2.45, 2.75) is 37.6 Å². The maximum absolute atomic E-state index is 12.6. The van der Waals surface area contributed by atoms with Gasteiger partial charge in [-0.1, -0.05) is 28.9 Å². The molecule has 1 fully saturated rings. The van der Waals surface area contributed by atoms with Crippen LogP contribution in [0.25, 0.3) is 11.3 Å². The molecule has 1 saturated carbocycles. The first-order valence-electron chi connectivity index (χ1n) is 7.59. The van der Waals surface area contributed by atoms with Crippen LogP contribution in [-0.4, -0.2) is 28.3 Å². The highest BCUT2D eigenvalue weighted by atomic mass is 35.5. The van der Waals surface area contributed by atoms with Crippen molar-refractivity contribution in [3.8, 4) is 11.3 Å². The standard InChI is InChI=1S/C16H14ClF3N2O3/c17-12-13(15(24)21-10-2-1-3-11(10)23)22-25-14(12)8-4-6-9(7-5-8)16(18,19)20/h4-7,10-11,23H,1-3H2,(H,21,24). The predicted molar refractivity (Wildman–Crippen MR) is 83.1 cm³/mol. The molecular weight excluding hydrogens is 361 g/mol. The van der Waals surface area contributed by atoms with Gasteiger partial charge in [0.05, 0.1) is 17.7 Å². The van der Waals surface area contributed by atoms with Crippen LogP contribution < -0.4 is 5.32 Å². The third-order valence-corrected chi connectivity index (χ3v) is 4.47. The van der Waals surface area contributed by atoms with Crippen LogP contribution in [0.1, 0.15) is 35.3 Å². The molecule has 2 N–H and O–H groups in total. The largest absolute Gasteiger partial charge is 0.416 e. The monoisotopic (exact) mass is 374 g/mol. The van der Waals surface area contributed by atoms with E-state index in [1.807, 2.05) is 0 Å². The van der Waals surface area contributed by atoms with Crippen molar-refractivity contribution in [3.63, 3.8) is 0 Å². The van der Waals surface area contributed by atoms with Crippen LogP contribution in [0.4, 0.5) is 13.2 Å². The van der Waals surface area contributed by atoms with Gasteiger partial charge in [0.2, 0.25) is 0 Å². The topological polar surface area (TPSA) is 75.4 Å². The van der Waals surface area contributed by atoms with Gasteiger partial charge in [0.25, 0.3) is 5.91 Å². The number of halogens is 4. The van der Waals surface area contributed by atoms with Gasteiger partial charge in [0.15, 0.2) is 11.5 Å². The van der Waals surface area contributed by atoms with E-state index in [9.17, 15) is 23.1 Å². The number of hydrogen-bond donors (Lipinski definition) is 2. The first-order valence-corrected chi connectivity index (χ1v) is 7.97. The molecule has 5 nitrogen and oxygen atoms in total. The van der Waals surface area contributed by atoms with Crippen molar-refractivity contribution in [2.75, 3.05) is 0 Å². The zero-order chi connectivity index (χ0) is 18.2. The number of aromatic nitrogens is 1. The van der Waals surface area contributed by atoms with Crippen LogP contribution in [0.3, 0.4) is 0 Å². The highest BCUT2D eigenvalue weighted by molar-refractivity contribution is 6.35. The predicted octanol–water partition coefficient (Wildman–Crippen LogP) is 3.66. The molecule has 3 rings (SSSR count). The Morgan fingerprint density at radius 1 is 1.28 bits per heavy atom. The maximum Gasteiger partial charge on any atom is 0.416 e. The fourth-order valence-electron chi connectivity index (χ4n) is 2.76. The summed E-state index contributed by atoms with van der Waals surface area (Å²) in [5.41, 5.74) is -0.707. The molecule has 2 aromatic rings. The summed E-state index contributed by atoms with van der Waals surface area (Å²) >= 11 is 6.10. The quantitative estimate of drug-likeness (QED) is 0.859. The summed E-state index contributed by atoms with van der Waals surface area (Å²) in [6.07, 6.45) is -3.02. The molecule has 0 aliphatic heterocycles. The molecule has 2 atom stereocenters. The van der Waals surface area contributed by atoms with Gasteiger partial charge in [-0.05, 0) is 31.4 Å². The summed E-state index contributed by atoms with van der Waals surface area (Å²) in [5, 5.41) is 15.9. The molecule has 1 heterocycles. The zero-order valence-electron chi connectivity index (χ0n) is 12.8. The normalized spacial score (nSPS) is 20.7. The van der Waals surface area contributed by atoms with Gasteiger partial charge >= 0.3 is 6.18 Å². The summed E-state index contributed by atoms with van der Waals surface area (Å²) in [4.78, 5) is 12.2. The van der Waals surface area contributed by atoms with Crippen molar-refractivity contribution >= 4 is 17.5 Å². The molecule has 1 aromatic carbocycles. The molecule has 25 heavy (non-hydrogen) atoms. The van der Waals surface area contributed by atoms with E-state index in [2.05, 4.69) is 10.5 Å². The molecule has 9 heteroatoms. The van der Waals surface area contributed by atoms with Crippen LogP contribution in [0, 0.1) is 0 Å². The molecule has 134 valence electrons.